The molecule has 6 nitrogen and oxygen atoms in total. The van der Waals surface area contributed by atoms with Gasteiger partial charge in [-0.15, -0.1) is 0 Å². The quantitative estimate of drug-likeness (QED) is 0.572. The van der Waals surface area contributed by atoms with Crippen LogP contribution in [0.1, 0.15) is 11.1 Å². The molecule has 0 radical (unpaired) electrons. The summed E-state index contributed by atoms with van der Waals surface area (Å²) >= 11 is 5.85. The molecule has 0 spiro atoms. The molecule has 3 aromatic rings. The number of nitrogens with one attached hydrogen (secondary N) is 1. The first-order chi connectivity index (χ1) is 9.63. The highest BCUT2D eigenvalue weighted by Crippen LogP contribution is 2.20. The molecule has 0 amide bonds. The third kappa shape index (κ3) is 2.37. The van der Waals surface area contributed by atoms with Gasteiger partial charge in [0.25, 0.3) is 0 Å². The normalized spacial score (nSPS) is 10.9. The van der Waals surface area contributed by atoms with E-state index in [9.17, 15) is 5.21 Å². The summed E-state index contributed by atoms with van der Waals surface area (Å²) < 4.78 is 0.820. The topological polar surface area (TPSA) is 75.9 Å². The highest BCUT2D eigenvalue weighted by molar-refractivity contribution is 6.28. The van der Waals surface area contributed by atoms with E-state index in [0.717, 1.165) is 10.3 Å². The maximum Gasteiger partial charge on any atom is 0.226 e. The lowest BCUT2D eigenvalue weighted by Crippen LogP contribution is -2.04. The molecule has 0 saturated heterocycles. The lowest BCUT2D eigenvalue weighted by Gasteiger charge is -2.07. The van der Waals surface area contributed by atoms with Crippen LogP contribution in [0.2, 0.25) is 5.28 Å². The highest BCUT2D eigenvalue weighted by Gasteiger charge is 2.12. The van der Waals surface area contributed by atoms with Gasteiger partial charge in [-0.2, -0.15) is 14.7 Å². The van der Waals surface area contributed by atoms with Crippen LogP contribution < -0.4 is 5.32 Å². The maximum absolute atomic E-state index is 9.56. The summed E-state index contributed by atoms with van der Waals surface area (Å²) in [6, 6.07) is 8.14. The van der Waals surface area contributed by atoms with Crippen molar-refractivity contribution < 1.29 is 5.21 Å². The second kappa shape index (κ2) is 4.97. The molecule has 2 heterocycles. The van der Waals surface area contributed by atoms with Crippen LogP contribution in [-0.4, -0.2) is 24.9 Å². The number of hydrogen-bond donors (Lipinski definition) is 2. The van der Waals surface area contributed by atoms with E-state index in [4.69, 9.17) is 11.6 Å². The zero-order valence-corrected chi connectivity index (χ0v) is 11.5. The molecule has 0 unspecified atom stereocenters. The van der Waals surface area contributed by atoms with Gasteiger partial charge in [0.15, 0.2) is 11.3 Å². The van der Waals surface area contributed by atoms with Crippen molar-refractivity contribution in [3.63, 3.8) is 0 Å². The predicted molar refractivity (Wildman–Crippen MR) is 76.0 cm³/mol. The van der Waals surface area contributed by atoms with Crippen LogP contribution in [-0.2, 0) is 6.54 Å². The molecule has 102 valence electrons. The minimum atomic E-state index is 0.0556. The second-order valence-electron chi connectivity index (χ2n) is 4.45. The Kier molecular flexibility index (Phi) is 3.15. The van der Waals surface area contributed by atoms with Gasteiger partial charge < -0.3 is 10.5 Å². The minimum absolute atomic E-state index is 0.0556. The Balaban J connectivity index is 1.91. The first-order valence-corrected chi connectivity index (χ1v) is 6.40. The van der Waals surface area contributed by atoms with Gasteiger partial charge in [0.2, 0.25) is 10.9 Å². The molecule has 1 aromatic carbocycles. The van der Waals surface area contributed by atoms with Crippen LogP contribution in [0.25, 0.3) is 11.2 Å². The predicted octanol–water partition coefficient (Wildman–Crippen LogP) is 2.64. The molecule has 0 aliphatic heterocycles. The average Bonchev–Trinajstić information content (AvgIpc) is 2.78. The van der Waals surface area contributed by atoms with Crippen molar-refractivity contribution in [2.45, 2.75) is 13.5 Å². The molecular formula is C13H12ClN5O. The zero-order chi connectivity index (χ0) is 14.1. The van der Waals surface area contributed by atoms with Crippen LogP contribution in [0.3, 0.4) is 0 Å². The van der Waals surface area contributed by atoms with Gasteiger partial charge in [0.1, 0.15) is 6.33 Å². The van der Waals surface area contributed by atoms with Crippen molar-refractivity contribution in [1.29, 1.82) is 0 Å². The van der Waals surface area contributed by atoms with Crippen molar-refractivity contribution in [2.24, 2.45) is 0 Å². The fourth-order valence-corrected chi connectivity index (χ4v) is 2.16. The van der Waals surface area contributed by atoms with E-state index in [-0.39, 0.29) is 10.9 Å². The second-order valence-corrected chi connectivity index (χ2v) is 4.78. The molecule has 0 fully saturated rings. The Bertz CT molecular complexity index is 771. The number of rotatable bonds is 3. The molecular weight excluding hydrogens is 278 g/mol. The largest absolute Gasteiger partial charge is 0.425 e. The van der Waals surface area contributed by atoms with Gasteiger partial charge in [0.05, 0.1) is 0 Å². The summed E-state index contributed by atoms with van der Waals surface area (Å²) in [6.07, 6.45) is 1.26. The number of benzene rings is 1. The summed E-state index contributed by atoms with van der Waals surface area (Å²) in [6.45, 7) is 2.62. The van der Waals surface area contributed by atoms with Gasteiger partial charge in [-0.3, -0.25) is 0 Å². The monoisotopic (exact) mass is 289 g/mol. The highest BCUT2D eigenvalue weighted by atomic mass is 35.5. The van der Waals surface area contributed by atoms with Gasteiger partial charge in [-0.25, -0.2) is 4.98 Å². The first kappa shape index (κ1) is 12.7. The molecule has 0 aliphatic rings. The summed E-state index contributed by atoms with van der Waals surface area (Å²) in [7, 11) is 0. The van der Waals surface area contributed by atoms with Gasteiger partial charge in [-0.05, 0) is 24.1 Å². The maximum atomic E-state index is 9.56. The lowest BCUT2D eigenvalue weighted by molar-refractivity contribution is 0.196. The number of nitrogens with zero attached hydrogens (tertiary/aromatic N) is 4. The van der Waals surface area contributed by atoms with Gasteiger partial charge >= 0.3 is 0 Å². The van der Waals surface area contributed by atoms with E-state index in [2.05, 4.69) is 26.3 Å². The van der Waals surface area contributed by atoms with E-state index in [1.165, 1.54) is 11.9 Å². The fourth-order valence-electron chi connectivity index (χ4n) is 1.99. The smallest absolute Gasteiger partial charge is 0.226 e. The molecule has 7 heteroatoms. The van der Waals surface area contributed by atoms with E-state index >= 15 is 0 Å². The summed E-state index contributed by atoms with van der Waals surface area (Å²) in [5.74, 6) is 0.495. The fraction of sp³-hybridized carbons (Fsp3) is 0.154. The van der Waals surface area contributed by atoms with Gasteiger partial charge in [0, 0.05) is 6.54 Å². The number of anilines is 1. The summed E-state index contributed by atoms with van der Waals surface area (Å²) in [5, 5.41) is 12.8. The van der Waals surface area contributed by atoms with Crippen LogP contribution in [0, 0.1) is 6.92 Å². The lowest BCUT2D eigenvalue weighted by atomic mass is 10.1. The number of halogens is 1. The Hall–Kier alpha value is -2.34. The zero-order valence-electron chi connectivity index (χ0n) is 10.7. The standard InChI is InChI=1S/C13H12ClN5O/c1-8-3-2-4-9(5-8)6-15-11-10-12(18-13(14)17-11)19(20)7-16-10/h2-5,7,20H,6H2,1H3,(H,15,17,18). The third-order valence-electron chi connectivity index (χ3n) is 2.89. The molecule has 3 rings (SSSR count). The Morgan fingerprint density at radius 2 is 2.20 bits per heavy atom. The molecule has 2 N–H and O–H groups in total. The van der Waals surface area contributed by atoms with Crippen LogP contribution >= 0.6 is 11.6 Å². The van der Waals surface area contributed by atoms with Crippen LogP contribution in [0.4, 0.5) is 5.82 Å². The van der Waals surface area contributed by atoms with E-state index in [1.54, 1.807) is 0 Å². The number of imidazole rings is 1. The van der Waals surface area contributed by atoms with Crippen LogP contribution in [0.15, 0.2) is 30.6 Å². The number of aryl methyl sites for hydroxylation is 1. The van der Waals surface area contributed by atoms with Crippen LogP contribution in [0.5, 0.6) is 0 Å². The first-order valence-electron chi connectivity index (χ1n) is 6.03. The number of hydrogen-bond acceptors (Lipinski definition) is 5. The summed E-state index contributed by atoms with van der Waals surface area (Å²) in [5.41, 5.74) is 3.06. The number of aromatic nitrogens is 4. The van der Waals surface area contributed by atoms with Gasteiger partial charge in [-0.1, -0.05) is 29.8 Å². The molecule has 0 atom stereocenters. The molecule has 2 aromatic heterocycles. The van der Waals surface area contributed by atoms with Crippen molar-refractivity contribution in [1.82, 2.24) is 19.7 Å². The average molecular weight is 290 g/mol. The SMILES string of the molecule is Cc1cccc(CNc2nc(Cl)nc3c2ncn3O)c1. The summed E-state index contributed by atoms with van der Waals surface area (Å²) in [4.78, 5) is 12.1. The van der Waals surface area contributed by atoms with Crippen molar-refractivity contribution in [2.75, 3.05) is 5.32 Å². The van der Waals surface area contributed by atoms with Crippen molar-refractivity contribution in [3.05, 3.63) is 47.0 Å². The van der Waals surface area contributed by atoms with E-state index in [1.807, 2.05) is 25.1 Å². The third-order valence-corrected chi connectivity index (χ3v) is 3.06. The molecule has 0 saturated carbocycles. The number of fused-ring (bicyclic) bond motifs is 1. The Morgan fingerprint density at radius 3 is 3.00 bits per heavy atom. The molecule has 0 bridgehead atoms. The van der Waals surface area contributed by atoms with Crippen molar-refractivity contribution >= 4 is 28.6 Å². The van der Waals surface area contributed by atoms with Crippen molar-refractivity contribution in [3.8, 4) is 0 Å². The Morgan fingerprint density at radius 1 is 1.35 bits per heavy atom. The Labute approximate surface area is 120 Å². The minimum Gasteiger partial charge on any atom is -0.425 e. The van der Waals surface area contributed by atoms with E-state index < -0.39 is 0 Å². The molecule has 0 aliphatic carbocycles. The van der Waals surface area contributed by atoms with E-state index in [0.29, 0.717) is 17.9 Å². The molecule has 20 heavy (non-hydrogen) atoms.